The van der Waals surface area contributed by atoms with Gasteiger partial charge >= 0.3 is 0 Å². The molecule has 4 heteroatoms. The molecule has 0 aromatic rings. The average molecular weight is 650 g/mol. The third kappa shape index (κ3) is 34.5. The summed E-state index contributed by atoms with van der Waals surface area (Å²) in [7, 11) is 0. The van der Waals surface area contributed by atoms with Crippen molar-refractivity contribution in [2.45, 2.75) is 244 Å². The fourth-order valence-electron chi connectivity index (χ4n) is 6.53. The smallest absolute Gasteiger partial charge is 0.220 e. The first-order valence-corrected chi connectivity index (χ1v) is 20.9. The second kappa shape index (κ2) is 38.6. The summed E-state index contributed by atoms with van der Waals surface area (Å²) in [4.78, 5) is 12.2. The predicted molar refractivity (Wildman–Crippen MR) is 202 cm³/mol. The number of nitrogens with one attached hydrogen (secondary N) is 1. The van der Waals surface area contributed by atoms with Gasteiger partial charge in [0.1, 0.15) is 0 Å². The molecular weight excluding hydrogens is 566 g/mol. The Morgan fingerprint density at radius 2 is 0.826 bits per heavy atom. The summed E-state index contributed by atoms with van der Waals surface area (Å²) in [5.74, 6) is -0.0398. The zero-order chi connectivity index (χ0) is 33.6. The second-order valence-corrected chi connectivity index (χ2v) is 14.4. The number of allylic oxidation sites excluding steroid dienone is 2. The molecule has 0 aromatic heterocycles. The van der Waals surface area contributed by atoms with E-state index in [2.05, 4.69) is 31.3 Å². The van der Waals surface area contributed by atoms with Gasteiger partial charge in [0.2, 0.25) is 5.91 Å². The number of aliphatic hydroxyl groups is 2. The molecule has 0 aliphatic rings. The van der Waals surface area contributed by atoms with Crippen LogP contribution >= 0.6 is 0 Å². The molecular formula is C42H83NO3. The lowest BCUT2D eigenvalue weighted by Crippen LogP contribution is -2.45. The first kappa shape index (κ1) is 45.1. The molecule has 1 amide bonds. The molecule has 0 spiro atoms. The van der Waals surface area contributed by atoms with Gasteiger partial charge < -0.3 is 15.5 Å². The predicted octanol–water partition coefficient (Wildman–Crippen LogP) is 12.7. The SMILES string of the molecule is CCCCCCCCCC/C=C\CCCCCCCCCCCCCCCCCCCCCC(=O)NC(CO)C(O)CCCCC. The molecule has 0 saturated carbocycles. The highest BCUT2D eigenvalue weighted by atomic mass is 16.3. The summed E-state index contributed by atoms with van der Waals surface area (Å²) in [6.07, 6.45) is 48.0. The monoisotopic (exact) mass is 650 g/mol. The molecule has 0 aromatic carbocycles. The fraction of sp³-hybridized carbons (Fsp3) is 0.929. The summed E-state index contributed by atoms with van der Waals surface area (Å²) < 4.78 is 0. The van der Waals surface area contributed by atoms with Gasteiger partial charge in [-0.2, -0.15) is 0 Å². The van der Waals surface area contributed by atoms with E-state index in [1.165, 1.54) is 173 Å². The number of hydrogen-bond donors (Lipinski definition) is 3. The van der Waals surface area contributed by atoms with E-state index in [1.54, 1.807) is 0 Å². The quantitative estimate of drug-likeness (QED) is 0.0460. The number of carbonyl (C=O) groups excluding carboxylic acids is 1. The van der Waals surface area contributed by atoms with Crippen LogP contribution in [0.3, 0.4) is 0 Å². The van der Waals surface area contributed by atoms with E-state index in [9.17, 15) is 15.0 Å². The molecule has 0 radical (unpaired) electrons. The third-order valence-electron chi connectivity index (χ3n) is 9.78. The number of unbranched alkanes of at least 4 members (excludes halogenated alkanes) is 29. The minimum Gasteiger partial charge on any atom is -0.394 e. The Kier molecular flexibility index (Phi) is 37.8. The largest absolute Gasteiger partial charge is 0.394 e. The molecule has 0 aliphatic heterocycles. The Morgan fingerprint density at radius 1 is 0.500 bits per heavy atom. The van der Waals surface area contributed by atoms with Crippen molar-refractivity contribution >= 4 is 5.91 Å². The van der Waals surface area contributed by atoms with Crippen LogP contribution in [0.5, 0.6) is 0 Å². The third-order valence-corrected chi connectivity index (χ3v) is 9.78. The van der Waals surface area contributed by atoms with Gasteiger partial charge in [-0.05, 0) is 38.5 Å². The number of aliphatic hydroxyl groups excluding tert-OH is 2. The first-order chi connectivity index (χ1) is 22.7. The molecule has 2 atom stereocenters. The minimum atomic E-state index is -0.651. The molecule has 0 heterocycles. The van der Waals surface area contributed by atoms with Crippen molar-refractivity contribution in [3.63, 3.8) is 0 Å². The van der Waals surface area contributed by atoms with Gasteiger partial charge in [0.15, 0.2) is 0 Å². The highest BCUT2D eigenvalue weighted by molar-refractivity contribution is 5.76. The summed E-state index contributed by atoms with van der Waals surface area (Å²) >= 11 is 0. The fourth-order valence-corrected chi connectivity index (χ4v) is 6.53. The topological polar surface area (TPSA) is 69.6 Å². The zero-order valence-corrected chi connectivity index (χ0v) is 31.4. The van der Waals surface area contributed by atoms with Crippen molar-refractivity contribution in [3.8, 4) is 0 Å². The summed E-state index contributed by atoms with van der Waals surface area (Å²) in [5.41, 5.74) is 0. The van der Waals surface area contributed by atoms with Crippen molar-refractivity contribution in [2.24, 2.45) is 0 Å². The maximum absolute atomic E-state index is 12.2. The van der Waals surface area contributed by atoms with E-state index in [0.717, 1.165) is 32.1 Å². The van der Waals surface area contributed by atoms with Crippen molar-refractivity contribution in [3.05, 3.63) is 12.2 Å². The maximum Gasteiger partial charge on any atom is 0.220 e. The van der Waals surface area contributed by atoms with Crippen molar-refractivity contribution in [2.75, 3.05) is 6.61 Å². The Labute approximate surface area is 288 Å². The molecule has 2 unspecified atom stereocenters. The molecule has 0 fully saturated rings. The van der Waals surface area contributed by atoms with Crippen molar-refractivity contribution in [1.29, 1.82) is 0 Å². The Hall–Kier alpha value is -0.870. The summed E-state index contributed by atoms with van der Waals surface area (Å²) in [6.45, 7) is 4.22. The molecule has 4 nitrogen and oxygen atoms in total. The molecule has 3 N–H and O–H groups in total. The number of hydrogen-bond acceptors (Lipinski definition) is 3. The lowest BCUT2D eigenvalue weighted by Gasteiger charge is -2.22. The lowest BCUT2D eigenvalue weighted by molar-refractivity contribution is -0.123. The summed E-state index contributed by atoms with van der Waals surface area (Å²) in [5, 5.41) is 22.5. The normalized spacial score (nSPS) is 13.0. The van der Waals surface area contributed by atoms with Crippen LogP contribution in [0.4, 0.5) is 0 Å². The van der Waals surface area contributed by atoms with Gasteiger partial charge in [-0.1, -0.05) is 199 Å². The maximum atomic E-state index is 12.2. The van der Waals surface area contributed by atoms with Crippen LogP contribution < -0.4 is 5.32 Å². The highest BCUT2D eigenvalue weighted by Gasteiger charge is 2.19. The lowest BCUT2D eigenvalue weighted by atomic mass is 10.0. The van der Waals surface area contributed by atoms with Gasteiger partial charge in [0.05, 0.1) is 18.8 Å². The Morgan fingerprint density at radius 3 is 1.20 bits per heavy atom. The average Bonchev–Trinajstić information content (AvgIpc) is 3.06. The number of rotatable bonds is 38. The van der Waals surface area contributed by atoms with Gasteiger partial charge in [-0.3, -0.25) is 4.79 Å². The minimum absolute atomic E-state index is 0.0398. The highest BCUT2D eigenvalue weighted by Crippen LogP contribution is 2.16. The molecule has 0 rings (SSSR count). The first-order valence-electron chi connectivity index (χ1n) is 20.9. The molecule has 0 aliphatic carbocycles. The van der Waals surface area contributed by atoms with Gasteiger partial charge in [0.25, 0.3) is 0 Å². The van der Waals surface area contributed by atoms with Crippen LogP contribution in [-0.4, -0.2) is 34.9 Å². The zero-order valence-electron chi connectivity index (χ0n) is 31.4. The van der Waals surface area contributed by atoms with Crippen LogP contribution in [0.25, 0.3) is 0 Å². The molecule has 0 saturated heterocycles. The van der Waals surface area contributed by atoms with Crippen molar-refractivity contribution < 1.29 is 15.0 Å². The van der Waals surface area contributed by atoms with Crippen LogP contribution in [0.2, 0.25) is 0 Å². The second-order valence-electron chi connectivity index (χ2n) is 14.4. The molecule has 274 valence electrons. The van der Waals surface area contributed by atoms with Crippen LogP contribution in [0.15, 0.2) is 12.2 Å². The standard InChI is InChI=1S/C42H83NO3/c1-3-5-7-8-9-10-11-12-13-14-15-16-17-18-19-20-21-22-23-24-25-26-27-28-29-30-31-32-33-34-36-38-42(46)43-40(39-44)41(45)37-35-6-4-2/h14-15,40-41,44-45H,3-13,16-39H2,1-2H3,(H,43,46)/b15-14-. The van der Waals surface area contributed by atoms with Crippen LogP contribution in [-0.2, 0) is 4.79 Å². The van der Waals surface area contributed by atoms with Crippen LogP contribution in [0, 0.1) is 0 Å². The number of amides is 1. The van der Waals surface area contributed by atoms with Gasteiger partial charge in [-0.15, -0.1) is 0 Å². The van der Waals surface area contributed by atoms with E-state index < -0.39 is 12.1 Å². The molecule has 46 heavy (non-hydrogen) atoms. The summed E-state index contributed by atoms with van der Waals surface area (Å²) in [6, 6.07) is -0.527. The van der Waals surface area contributed by atoms with Crippen molar-refractivity contribution in [1.82, 2.24) is 5.32 Å². The van der Waals surface area contributed by atoms with E-state index in [4.69, 9.17) is 0 Å². The number of carbonyl (C=O) groups is 1. The van der Waals surface area contributed by atoms with Crippen LogP contribution in [0.1, 0.15) is 232 Å². The Balaban J connectivity index is 3.28. The van der Waals surface area contributed by atoms with Gasteiger partial charge in [0, 0.05) is 6.42 Å². The Bertz CT molecular complexity index is 622. The van der Waals surface area contributed by atoms with Gasteiger partial charge in [-0.25, -0.2) is 0 Å². The van der Waals surface area contributed by atoms with E-state index in [1.807, 2.05) is 0 Å². The van der Waals surface area contributed by atoms with E-state index >= 15 is 0 Å². The van der Waals surface area contributed by atoms with E-state index in [0.29, 0.717) is 12.8 Å². The molecule has 0 bridgehead atoms. The van der Waals surface area contributed by atoms with E-state index in [-0.39, 0.29) is 12.5 Å².